The average molecular weight is 459 g/mol. The third-order valence-corrected chi connectivity index (χ3v) is 4.76. The van der Waals surface area contributed by atoms with Gasteiger partial charge in [0.05, 0.1) is 12.2 Å². The minimum absolute atomic E-state index is 0.175. The number of hydrogen-bond acceptors (Lipinski definition) is 7. The van der Waals surface area contributed by atoms with E-state index in [4.69, 9.17) is 4.52 Å². The van der Waals surface area contributed by atoms with Crippen LogP contribution in [0.4, 0.5) is 13.2 Å². The molecule has 0 spiro atoms. The van der Waals surface area contributed by atoms with Gasteiger partial charge in [0.15, 0.2) is 5.69 Å². The van der Waals surface area contributed by atoms with E-state index in [1.807, 2.05) is 19.1 Å². The second-order valence-electron chi connectivity index (χ2n) is 7.93. The monoisotopic (exact) mass is 459 g/mol. The van der Waals surface area contributed by atoms with E-state index >= 15 is 0 Å². The molecule has 1 aromatic carbocycles. The molecule has 0 unspecified atom stereocenters. The molecule has 0 radical (unpaired) electrons. The molecular weight excluding hydrogens is 439 g/mol. The molecule has 172 valence electrons. The van der Waals surface area contributed by atoms with E-state index in [9.17, 15) is 18.3 Å². The lowest BCUT2D eigenvalue weighted by Gasteiger charge is -2.17. The van der Waals surface area contributed by atoms with Crippen molar-refractivity contribution in [1.82, 2.24) is 24.9 Å². The summed E-state index contributed by atoms with van der Waals surface area (Å²) in [5.41, 5.74) is 2.18. The van der Waals surface area contributed by atoms with Crippen LogP contribution < -0.4 is 4.74 Å². The highest BCUT2D eigenvalue weighted by Gasteiger charge is 2.31. The molecule has 0 amide bonds. The maximum atomic E-state index is 12.3. The maximum Gasteiger partial charge on any atom is 0.573 e. The summed E-state index contributed by atoms with van der Waals surface area (Å²) < 4.78 is 47.9. The standard InChI is InChI=1S/C22H20F3N5O3/c1-13-10-17(28-30(13)12-14-8-9-26-18(11-14)21(2,3)31)20-27-19(29-33-20)15-4-6-16(7-5-15)32-22(23,24)25/h4-11,31H,12H2,1-3H3. The van der Waals surface area contributed by atoms with Gasteiger partial charge in [-0.3, -0.25) is 9.67 Å². The third-order valence-electron chi connectivity index (χ3n) is 4.76. The molecule has 3 aromatic heterocycles. The number of hydrogen-bond donors (Lipinski definition) is 1. The molecule has 0 aliphatic rings. The third kappa shape index (κ3) is 5.37. The van der Waals surface area contributed by atoms with E-state index in [0.29, 0.717) is 23.5 Å². The van der Waals surface area contributed by atoms with Crippen molar-refractivity contribution in [3.63, 3.8) is 0 Å². The molecule has 0 fully saturated rings. The van der Waals surface area contributed by atoms with Crippen LogP contribution in [-0.2, 0) is 12.1 Å². The summed E-state index contributed by atoms with van der Waals surface area (Å²) in [6.07, 6.45) is -3.12. The molecule has 0 saturated carbocycles. The predicted octanol–water partition coefficient (Wildman–Crippen LogP) is 4.48. The summed E-state index contributed by atoms with van der Waals surface area (Å²) in [7, 11) is 0. The van der Waals surface area contributed by atoms with Crippen LogP contribution in [0.5, 0.6) is 5.75 Å². The van der Waals surface area contributed by atoms with Crippen molar-refractivity contribution in [2.75, 3.05) is 0 Å². The van der Waals surface area contributed by atoms with E-state index in [0.717, 1.165) is 11.3 Å². The van der Waals surface area contributed by atoms with Gasteiger partial charge in [-0.15, -0.1) is 13.2 Å². The topological polar surface area (TPSA) is 99.1 Å². The summed E-state index contributed by atoms with van der Waals surface area (Å²) >= 11 is 0. The van der Waals surface area contributed by atoms with Gasteiger partial charge in [0.1, 0.15) is 11.4 Å². The Morgan fingerprint density at radius 1 is 1.09 bits per heavy atom. The largest absolute Gasteiger partial charge is 0.573 e. The first-order valence-electron chi connectivity index (χ1n) is 9.90. The summed E-state index contributed by atoms with van der Waals surface area (Å²) in [4.78, 5) is 8.51. The molecule has 0 saturated heterocycles. The number of halogens is 3. The molecule has 4 aromatic rings. The number of rotatable bonds is 6. The fourth-order valence-electron chi connectivity index (χ4n) is 3.11. The maximum absolute atomic E-state index is 12.3. The average Bonchev–Trinajstić information content (AvgIpc) is 3.34. The molecule has 3 heterocycles. The lowest BCUT2D eigenvalue weighted by Crippen LogP contribution is -2.18. The van der Waals surface area contributed by atoms with Gasteiger partial charge in [0, 0.05) is 17.5 Å². The van der Waals surface area contributed by atoms with Crippen molar-refractivity contribution in [2.45, 2.75) is 39.3 Å². The molecule has 11 heteroatoms. The Morgan fingerprint density at radius 3 is 2.48 bits per heavy atom. The van der Waals surface area contributed by atoms with Gasteiger partial charge in [-0.05, 0) is 68.8 Å². The molecule has 1 N–H and O–H groups in total. The van der Waals surface area contributed by atoms with Crippen LogP contribution in [0.3, 0.4) is 0 Å². The normalized spacial score (nSPS) is 12.2. The highest BCUT2D eigenvalue weighted by Crippen LogP contribution is 2.27. The highest BCUT2D eigenvalue weighted by atomic mass is 19.4. The van der Waals surface area contributed by atoms with Gasteiger partial charge >= 0.3 is 6.36 Å². The molecule has 4 rings (SSSR count). The molecule has 0 atom stereocenters. The van der Waals surface area contributed by atoms with Crippen LogP contribution in [0.2, 0.25) is 0 Å². The lowest BCUT2D eigenvalue weighted by atomic mass is 10.0. The molecule has 33 heavy (non-hydrogen) atoms. The SMILES string of the molecule is Cc1cc(-c2nc(-c3ccc(OC(F)(F)F)cc3)no2)nn1Cc1ccnc(C(C)(C)O)c1. The van der Waals surface area contributed by atoms with Crippen molar-refractivity contribution in [3.8, 4) is 28.7 Å². The van der Waals surface area contributed by atoms with E-state index in [1.54, 1.807) is 30.8 Å². The smallest absolute Gasteiger partial charge is 0.406 e. The predicted molar refractivity (Wildman–Crippen MR) is 111 cm³/mol. The van der Waals surface area contributed by atoms with Crippen molar-refractivity contribution in [2.24, 2.45) is 0 Å². The van der Waals surface area contributed by atoms with Gasteiger partial charge in [-0.1, -0.05) is 5.16 Å². The number of alkyl halides is 3. The second-order valence-corrected chi connectivity index (χ2v) is 7.93. The van der Waals surface area contributed by atoms with Gasteiger partial charge < -0.3 is 14.4 Å². The Kier molecular flexibility index (Phi) is 5.66. The molecule has 0 aliphatic carbocycles. The Bertz CT molecular complexity index is 1260. The Hall–Kier alpha value is -3.73. The highest BCUT2D eigenvalue weighted by molar-refractivity contribution is 5.58. The zero-order valence-corrected chi connectivity index (χ0v) is 18.0. The first kappa shape index (κ1) is 22.5. The lowest BCUT2D eigenvalue weighted by molar-refractivity contribution is -0.274. The number of nitrogens with zero attached hydrogens (tertiary/aromatic N) is 5. The number of ether oxygens (including phenoxy) is 1. The summed E-state index contributed by atoms with van der Waals surface area (Å²) in [5, 5.41) is 18.6. The molecule has 0 bridgehead atoms. The number of pyridine rings is 1. The van der Waals surface area contributed by atoms with Crippen molar-refractivity contribution < 1.29 is 27.5 Å². The van der Waals surface area contributed by atoms with Gasteiger partial charge in [0.25, 0.3) is 5.89 Å². The Morgan fingerprint density at radius 2 is 1.82 bits per heavy atom. The van der Waals surface area contributed by atoms with Crippen LogP contribution in [0.25, 0.3) is 23.0 Å². The van der Waals surface area contributed by atoms with Gasteiger partial charge in [-0.2, -0.15) is 10.1 Å². The number of aryl methyl sites for hydroxylation is 1. The minimum atomic E-state index is -4.76. The van der Waals surface area contributed by atoms with Crippen LogP contribution in [0.15, 0.2) is 53.2 Å². The van der Waals surface area contributed by atoms with Crippen molar-refractivity contribution in [1.29, 1.82) is 0 Å². The van der Waals surface area contributed by atoms with Gasteiger partial charge in [-0.25, -0.2) is 0 Å². The van der Waals surface area contributed by atoms with E-state index in [-0.39, 0.29) is 17.5 Å². The first-order chi connectivity index (χ1) is 15.5. The molecule has 8 nitrogen and oxygen atoms in total. The van der Waals surface area contributed by atoms with E-state index < -0.39 is 12.0 Å². The number of benzene rings is 1. The summed E-state index contributed by atoms with van der Waals surface area (Å²) in [5.74, 6) is 0.0438. The first-order valence-corrected chi connectivity index (χ1v) is 9.90. The molecular formula is C22H20F3N5O3. The zero-order valence-electron chi connectivity index (χ0n) is 18.0. The van der Waals surface area contributed by atoms with Crippen LogP contribution >= 0.6 is 0 Å². The minimum Gasteiger partial charge on any atom is -0.406 e. The fraction of sp³-hybridized carbons (Fsp3) is 0.273. The quantitative estimate of drug-likeness (QED) is 0.454. The van der Waals surface area contributed by atoms with Crippen molar-refractivity contribution in [3.05, 3.63) is 65.6 Å². The van der Waals surface area contributed by atoms with Crippen LogP contribution in [-0.4, -0.2) is 36.4 Å². The zero-order chi connectivity index (χ0) is 23.8. The van der Waals surface area contributed by atoms with Gasteiger partial charge in [0.2, 0.25) is 5.82 Å². The Balaban J connectivity index is 1.52. The van der Waals surface area contributed by atoms with Crippen molar-refractivity contribution >= 4 is 0 Å². The fourth-order valence-corrected chi connectivity index (χ4v) is 3.11. The Labute approximate surface area is 186 Å². The second kappa shape index (κ2) is 8.32. The van der Waals surface area contributed by atoms with E-state index in [2.05, 4.69) is 25.0 Å². The van der Waals surface area contributed by atoms with Crippen LogP contribution in [0.1, 0.15) is 30.8 Å². The summed E-state index contributed by atoms with van der Waals surface area (Å²) in [6.45, 7) is 5.66. The van der Waals surface area contributed by atoms with Crippen LogP contribution in [0, 0.1) is 6.92 Å². The number of aromatic nitrogens is 5. The summed E-state index contributed by atoms with van der Waals surface area (Å²) in [6, 6.07) is 10.6. The number of aliphatic hydroxyl groups is 1. The van der Waals surface area contributed by atoms with E-state index in [1.165, 1.54) is 24.3 Å². The molecule has 0 aliphatic heterocycles.